The Morgan fingerprint density at radius 3 is 2.84 bits per heavy atom. The van der Waals surface area contributed by atoms with Crippen LogP contribution in [0.15, 0.2) is 22.7 Å². The van der Waals surface area contributed by atoms with Crippen molar-refractivity contribution in [2.45, 2.75) is 37.0 Å². The van der Waals surface area contributed by atoms with Gasteiger partial charge in [-0.3, -0.25) is 0 Å². The first-order valence-corrected chi connectivity index (χ1v) is 8.64. The zero-order valence-corrected chi connectivity index (χ0v) is 13.1. The van der Waals surface area contributed by atoms with E-state index >= 15 is 0 Å². The molecule has 0 amide bonds. The van der Waals surface area contributed by atoms with Crippen LogP contribution in [0.2, 0.25) is 0 Å². The summed E-state index contributed by atoms with van der Waals surface area (Å²) in [5, 5.41) is 0. The Morgan fingerprint density at radius 2 is 2.16 bits per heavy atom. The Morgan fingerprint density at radius 1 is 1.42 bits per heavy atom. The lowest BCUT2D eigenvalue weighted by Crippen LogP contribution is -2.38. The molecule has 3 rings (SSSR count). The molecule has 0 spiro atoms. The van der Waals surface area contributed by atoms with Gasteiger partial charge in [0.25, 0.3) is 0 Å². The molecule has 1 aliphatic carbocycles. The highest BCUT2D eigenvalue weighted by Gasteiger charge is 2.50. The van der Waals surface area contributed by atoms with Crippen molar-refractivity contribution in [2.24, 2.45) is 0 Å². The average molecular weight is 346 g/mol. The summed E-state index contributed by atoms with van der Waals surface area (Å²) in [5.41, 5.74) is 0.911. The Hall–Kier alpha value is -0.590. The number of nitrogens with one attached hydrogen (secondary N) is 1. The maximum atomic E-state index is 12.3. The van der Waals surface area contributed by atoms with Crippen LogP contribution in [0.25, 0.3) is 0 Å². The van der Waals surface area contributed by atoms with Gasteiger partial charge in [-0.25, -0.2) is 13.1 Å². The zero-order chi connectivity index (χ0) is 13.7. The van der Waals surface area contributed by atoms with Crippen LogP contribution in [0, 0.1) is 0 Å². The molecule has 19 heavy (non-hydrogen) atoms. The molecule has 104 valence electrons. The van der Waals surface area contributed by atoms with Gasteiger partial charge in [-0.1, -0.05) is 12.1 Å². The summed E-state index contributed by atoms with van der Waals surface area (Å²) >= 11 is 3.44. The first-order chi connectivity index (χ1) is 8.93. The van der Waals surface area contributed by atoms with Gasteiger partial charge in [0.05, 0.1) is 21.9 Å². The van der Waals surface area contributed by atoms with Crippen LogP contribution < -0.4 is 9.46 Å². The fourth-order valence-electron chi connectivity index (χ4n) is 2.28. The molecule has 1 aromatic rings. The Bertz CT molecular complexity index is 610. The number of rotatable bonds is 3. The van der Waals surface area contributed by atoms with E-state index in [4.69, 9.17) is 4.74 Å². The van der Waals surface area contributed by atoms with Gasteiger partial charge in [0.1, 0.15) is 5.75 Å². The number of para-hydroxylation sites is 1. The van der Waals surface area contributed by atoms with Gasteiger partial charge in [0.15, 0.2) is 0 Å². The van der Waals surface area contributed by atoms with E-state index in [-0.39, 0.29) is 6.04 Å². The predicted molar refractivity (Wildman–Crippen MR) is 76.7 cm³/mol. The molecule has 1 heterocycles. The molecule has 1 aliphatic heterocycles. The first-order valence-electron chi connectivity index (χ1n) is 6.36. The van der Waals surface area contributed by atoms with E-state index in [9.17, 15) is 8.42 Å². The van der Waals surface area contributed by atoms with Crippen molar-refractivity contribution in [3.8, 4) is 5.75 Å². The molecule has 1 saturated carbocycles. The number of fused-ring (bicyclic) bond motifs is 1. The van der Waals surface area contributed by atoms with E-state index in [1.165, 1.54) is 0 Å². The summed E-state index contributed by atoms with van der Waals surface area (Å²) in [7, 11) is -3.26. The lowest BCUT2D eigenvalue weighted by atomic mass is 10.0. The molecule has 0 radical (unpaired) electrons. The van der Waals surface area contributed by atoms with Gasteiger partial charge in [-0.05, 0) is 41.8 Å². The second-order valence-corrected chi connectivity index (χ2v) is 8.50. The molecule has 0 bridgehead atoms. The van der Waals surface area contributed by atoms with Crippen molar-refractivity contribution in [1.29, 1.82) is 0 Å². The van der Waals surface area contributed by atoms with Crippen molar-refractivity contribution in [2.75, 3.05) is 6.61 Å². The monoisotopic (exact) mass is 345 g/mol. The molecule has 0 saturated heterocycles. The minimum Gasteiger partial charge on any atom is -0.492 e. The smallest absolute Gasteiger partial charge is 0.217 e. The molecular weight excluding hydrogens is 330 g/mol. The summed E-state index contributed by atoms with van der Waals surface area (Å²) in [6.07, 6.45) is 2.16. The largest absolute Gasteiger partial charge is 0.492 e. The molecule has 1 unspecified atom stereocenters. The molecule has 2 aliphatic rings. The van der Waals surface area contributed by atoms with Crippen LogP contribution in [-0.4, -0.2) is 19.8 Å². The molecule has 0 aromatic heterocycles. The SMILES string of the molecule is CC1(S(=O)(=O)NC2CCOc3c(Br)cccc32)CC1. The lowest BCUT2D eigenvalue weighted by Gasteiger charge is -2.28. The third-order valence-electron chi connectivity index (χ3n) is 3.93. The highest BCUT2D eigenvalue weighted by atomic mass is 79.9. The third-order valence-corrected chi connectivity index (χ3v) is 6.85. The summed E-state index contributed by atoms with van der Waals surface area (Å²) < 4.78 is 33.4. The van der Waals surface area contributed by atoms with Crippen molar-refractivity contribution < 1.29 is 13.2 Å². The van der Waals surface area contributed by atoms with Crippen molar-refractivity contribution in [3.05, 3.63) is 28.2 Å². The molecule has 1 fully saturated rings. The highest BCUT2D eigenvalue weighted by Crippen LogP contribution is 2.44. The maximum Gasteiger partial charge on any atom is 0.217 e. The van der Waals surface area contributed by atoms with Crippen LogP contribution in [0.3, 0.4) is 0 Å². The molecule has 4 nitrogen and oxygen atoms in total. The number of hydrogen-bond acceptors (Lipinski definition) is 3. The number of hydrogen-bond donors (Lipinski definition) is 1. The topological polar surface area (TPSA) is 55.4 Å². The summed E-state index contributed by atoms with van der Waals surface area (Å²) in [6, 6.07) is 5.53. The third kappa shape index (κ3) is 2.30. The number of ether oxygens (including phenoxy) is 1. The summed E-state index contributed by atoms with van der Waals surface area (Å²) in [4.78, 5) is 0. The van der Waals surface area contributed by atoms with E-state index in [1.54, 1.807) is 6.92 Å². The molecule has 1 atom stereocenters. The van der Waals surface area contributed by atoms with Gasteiger partial charge in [-0.2, -0.15) is 0 Å². The van der Waals surface area contributed by atoms with E-state index in [1.807, 2.05) is 18.2 Å². The van der Waals surface area contributed by atoms with Crippen molar-refractivity contribution in [1.82, 2.24) is 4.72 Å². The molecule has 1 aromatic carbocycles. The van der Waals surface area contributed by atoms with E-state index in [0.717, 1.165) is 28.6 Å². The fraction of sp³-hybridized carbons (Fsp3) is 0.538. The van der Waals surface area contributed by atoms with Crippen LogP contribution in [0.4, 0.5) is 0 Å². The summed E-state index contributed by atoms with van der Waals surface area (Å²) in [6.45, 7) is 2.33. The van der Waals surface area contributed by atoms with Crippen LogP contribution in [0.1, 0.15) is 37.8 Å². The first kappa shape index (κ1) is 13.4. The van der Waals surface area contributed by atoms with Gasteiger partial charge >= 0.3 is 0 Å². The minimum absolute atomic E-state index is 0.191. The zero-order valence-electron chi connectivity index (χ0n) is 10.6. The number of benzene rings is 1. The Labute approximate surface area is 121 Å². The average Bonchev–Trinajstić information content (AvgIpc) is 3.10. The molecular formula is C13H16BrNO3S. The van der Waals surface area contributed by atoms with E-state index in [2.05, 4.69) is 20.7 Å². The maximum absolute atomic E-state index is 12.3. The van der Waals surface area contributed by atoms with Gasteiger partial charge in [0.2, 0.25) is 10.0 Å². The van der Waals surface area contributed by atoms with Crippen LogP contribution in [-0.2, 0) is 10.0 Å². The summed E-state index contributed by atoms with van der Waals surface area (Å²) in [5.74, 6) is 0.752. The van der Waals surface area contributed by atoms with Gasteiger partial charge in [-0.15, -0.1) is 0 Å². The quantitative estimate of drug-likeness (QED) is 0.916. The van der Waals surface area contributed by atoms with Crippen molar-refractivity contribution in [3.63, 3.8) is 0 Å². The van der Waals surface area contributed by atoms with E-state index < -0.39 is 14.8 Å². The standard InChI is InChI=1S/C13H16BrNO3S/c1-13(6-7-13)19(16,17)15-11-5-8-18-12-9(11)3-2-4-10(12)14/h2-4,11,15H,5-8H2,1H3. The van der Waals surface area contributed by atoms with Crippen LogP contribution in [0.5, 0.6) is 5.75 Å². The highest BCUT2D eigenvalue weighted by molar-refractivity contribution is 9.10. The molecule has 1 N–H and O–H groups in total. The predicted octanol–water partition coefficient (Wildman–Crippen LogP) is 2.74. The van der Waals surface area contributed by atoms with Crippen molar-refractivity contribution >= 4 is 26.0 Å². The number of halogens is 1. The Kier molecular flexibility index (Phi) is 3.15. The minimum atomic E-state index is -3.26. The van der Waals surface area contributed by atoms with Gasteiger partial charge in [0, 0.05) is 12.0 Å². The fourth-order valence-corrected chi connectivity index (χ4v) is 4.32. The van der Waals surface area contributed by atoms with Crippen LogP contribution >= 0.6 is 15.9 Å². The Balaban J connectivity index is 1.91. The molecule has 6 heteroatoms. The lowest BCUT2D eigenvalue weighted by molar-refractivity contribution is 0.261. The van der Waals surface area contributed by atoms with E-state index in [0.29, 0.717) is 13.0 Å². The normalized spacial score (nSPS) is 24.4. The van der Waals surface area contributed by atoms with Gasteiger partial charge < -0.3 is 4.74 Å². The second-order valence-electron chi connectivity index (χ2n) is 5.42. The number of sulfonamides is 1. The second kappa shape index (κ2) is 4.46.